The van der Waals surface area contributed by atoms with Gasteiger partial charge < -0.3 is 18.5 Å². The summed E-state index contributed by atoms with van der Waals surface area (Å²) in [7, 11) is 1.95. The van der Waals surface area contributed by atoms with Gasteiger partial charge in [0, 0.05) is 50.2 Å². The predicted octanol–water partition coefficient (Wildman–Crippen LogP) is 2.12. The first-order chi connectivity index (χ1) is 15.7. The van der Waals surface area contributed by atoms with Crippen molar-refractivity contribution in [3.05, 3.63) is 60.0 Å². The Bertz CT molecular complexity index is 1260. The molecular weight excluding hydrogens is 408 g/mol. The third kappa shape index (κ3) is 3.41. The fourth-order valence-electron chi connectivity index (χ4n) is 4.39. The summed E-state index contributed by atoms with van der Waals surface area (Å²) in [4.78, 5) is 19.1. The van der Waals surface area contributed by atoms with Crippen LogP contribution in [0.15, 0.2) is 41.6 Å². The molecule has 0 saturated heterocycles. The van der Waals surface area contributed by atoms with Crippen molar-refractivity contribution < 1.29 is 9.21 Å². The van der Waals surface area contributed by atoms with Gasteiger partial charge in [-0.3, -0.25) is 9.48 Å². The smallest absolute Gasteiger partial charge is 0.289 e. The molecule has 0 bridgehead atoms. The molecule has 0 spiro atoms. The molecule has 0 N–H and O–H groups in total. The van der Waals surface area contributed by atoms with E-state index in [-0.39, 0.29) is 5.91 Å². The molecule has 1 aliphatic heterocycles. The molecule has 6 rings (SSSR count). The summed E-state index contributed by atoms with van der Waals surface area (Å²) in [5.74, 6) is 2.45. The molecule has 1 fully saturated rings. The Balaban J connectivity index is 1.24. The van der Waals surface area contributed by atoms with Crippen LogP contribution < -0.4 is 0 Å². The molecule has 4 aromatic rings. The number of nitrogens with zero attached hydrogens (tertiary/aromatic N) is 8. The number of imidazole rings is 1. The van der Waals surface area contributed by atoms with Gasteiger partial charge >= 0.3 is 0 Å². The van der Waals surface area contributed by atoms with E-state index in [1.807, 2.05) is 33.5 Å². The standard InChI is InChI=1S/C22H24N8O2/c1-27-18-6-8-29(22(31)19-5-4-16(32-19)11-28-9-7-23-13-28)12-17(18)20(26-27)21-25-24-14-30(21)10-15-2-3-15/h4-5,7,9,13-15H,2-3,6,8,10-12H2,1H3. The van der Waals surface area contributed by atoms with Crippen LogP contribution in [0.2, 0.25) is 0 Å². The van der Waals surface area contributed by atoms with Gasteiger partial charge in [0.15, 0.2) is 11.6 Å². The number of aromatic nitrogens is 7. The van der Waals surface area contributed by atoms with Gasteiger partial charge in [0.1, 0.15) is 17.8 Å². The van der Waals surface area contributed by atoms with Crippen LogP contribution in [-0.4, -0.2) is 51.4 Å². The first-order valence-corrected chi connectivity index (χ1v) is 10.9. The lowest BCUT2D eigenvalue weighted by atomic mass is 10.0. The summed E-state index contributed by atoms with van der Waals surface area (Å²) in [5.41, 5.74) is 3.01. The number of aryl methyl sites for hydroxylation is 1. The van der Waals surface area contributed by atoms with E-state index in [0.717, 1.165) is 41.5 Å². The monoisotopic (exact) mass is 432 g/mol. The average Bonchev–Trinajstić information content (AvgIpc) is 3.21. The Morgan fingerprint density at radius 1 is 1.25 bits per heavy atom. The van der Waals surface area contributed by atoms with Gasteiger partial charge in [-0.1, -0.05) is 0 Å². The lowest BCUT2D eigenvalue weighted by molar-refractivity contribution is 0.0699. The van der Waals surface area contributed by atoms with Gasteiger partial charge in [-0.15, -0.1) is 10.2 Å². The van der Waals surface area contributed by atoms with Crippen molar-refractivity contribution in [2.75, 3.05) is 6.54 Å². The van der Waals surface area contributed by atoms with E-state index >= 15 is 0 Å². The highest BCUT2D eigenvalue weighted by atomic mass is 16.4. The van der Waals surface area contributed by atoms with E-state index in [1.54, 1.807) is 24.9 Å². The minimum atomic E-state index is -0.109. The van der Waals surface area contributed by atoms with Crippen LogP contribution in [0.25, 0.3) is 11.5 Å². The van der Waals surface area contributed by atoms with E-state index in [0.29, 0.717) is 31.3 Å². The number of carbonyl (C=O) groups excluding carboxylic acids is 1. The second-order valence-electron chi connectivity index (χ2n) is 8.63. The van der Waals surface area contributed by atoms with Crippen LogP contribution in [0.4, 0.5) is 0 Å². The Kier molecular flexibility index (Phi) is 4.44. The third-order valence-corrected chi connectivity index (χ3v) is 6.28. The van der Waals surface area contributed by atoms with E-state index in [9.17, 15) is 4.79 Å². The van der Waals surface area contributed by atoms with Crippen molar-refractivity contribution in [3.63, 3.8) is 0 Å². The van der Waals surface area contributed by atoms with Crippen molar-refractivity contribution in [3.8, 4) is 11.5 Å². The predicted molar refractivity (Wildman–Crippen MR) is 113 cm³/mol. The molecule has 0 atom stereocenters. The molecule has 0 radical (unpaired) electrons. The van der Waals surface area contributed by atoms with Gasteiger partial charge in [-0.25, -0.2) is 4.98 Å². The number of hydrogen-bond donors (Lipinski definition) is 0. The molecule has 10 heteroatoms. The van der Waals surface area contributed by atoms with Gasteiger partial charge in [0.2, 0.25) is 0 Å². The van der Waals surface area contributed by atoms with Crippen LogP contribution in [0.3, 0.4) is 0 Å². The van der Waals surface area contributed by atoms with Crippen LogP contribution >= 0.6 is 0 Å². The molecule has 1 saturated carbocycles. The molecule has 4 aromatic heterocycles. The molecule has 2 aliphatic rings. The maximum Gasteiger partial charge on any atom is 0.289 e. The summed E-state index contributed by atoms with van der Waals surface area (Å²) >= 11 is 0. The zero-order chi connectivity index (χ0) is 21.7. The number of fused-ring (bicyclic) bond motifs is 1. The highest BCUT2D eigenvalue weighted by molar-refractivity contribution is 5.91. The van der Waals surface area contributed by atoms with Crippen LogP contribution in [0.5, 0.6) is 0 Å². The Labute approximate surface area is 184 Å². The molecule has 164 valence electrons. The second-order valence-corrected chi connectivity index (χ2v) is 8.63. The topological polar surface area (TPSA) is 99.8 Å². The molecule has 32 heavy (non-hydrogen) atoms. The van der Waals surface area contributed by atoms with Crippen molar-refractivity contribution in [2.24, 2.45) is 13.0 Å². The Hall–Kier alpha value is -3.69. The molecule has 5 heterocycles. The summed E-state index contributed by atoms with van der Waals surface area (Å²) < 4.78 is 11.8. The fraction of sp³-hybridized carbons (Fsp3) is 0.409. The number of carbonyl (C=O) groups is 1. The minimum Gasteiger partial charge on any atom is -0.454 e. The largest absolute Gasteiger partial charge is 0.454 e. The van der Waals surface area contributed by atoms with Crippen molar-refractivity contribution in [1.29, 1.82) is 0 Å². The van der Waals surface area contributed by atoms with E-state index < -0.39 is 0 Å². The molecular formula is C22H24N8O2. The minimum absolute atomic E-state index is 0.109. The van der Waals surface area contributed by atoms with Gasteiger partial charge in [0.05, 0.1) is 19.4 Å². The highest BCUT2D eigenvalue weighted by Crippen LogP contribution is 2.34. The zero-order valence-electron chi connectivity index (χ0n) is 17.9. The van der Waals surface area contributed by atoms with E-state index in [1.165, 1.54) is 12.8 Å². The average molecular weight is 432 g/mol. The first kappa shape index (κ1) is 19.0. The van der Waals surface area contributed by atoms with Crippen molar-refractivity contribution >= 4 is 5.91 Å². The summed E-state index contributed by atoms with van der Waals surface area (Å²) in [6.45, 7) is 2.56. The number of hydrogen-bond acceptors (Lipinski definition) is 6. The quantitative estimate of drug-likeness (QED) is 0.463. The van der Waals surface area contributed by atoms with Crippen LogP contribution in [-0.2, 0) is 33.1 Å². The lowest BCUT2D eigenvalue weighted by Gasteiger charge is -2.27. The van der Waals surface area contributed by atoms with Gasteiger partial charge in [-0.2, -0.15) is 5.10 Å². The lowest BCUT2D eigenvalue weighted by Crippen LogP contribution is -2.36. The summed E-state index contributed by atoms with van der Waals surface area (Å²) in [5, 5.41) is 13.3. The maximum atomic E-state index is 13.2. The summed E-state index contributed by atoms with van der Waals surface area (Å²) in [6, 6.07) is 3.60. The Morgan fingerprint density at radius 2 is 2.16 bits per heavy atom. The fourth-order valence-corrected chi connectivity index (χ4v) is 4.39. The van der Waals surface area contributed by atoms with Crippen molar-refractivity contribution in [2.45, 2.75) is 38.9 Å². The third-order valence-electron chi connectivity index (χ3n) is 6.28. The van der Waals surface area contributed by atoms with Crippen LogP contribution in [0.1, 0.15) is 40.4 Å². The highest BCUT2D eigenvalue weighted by Gasteiger charge is 2.31. The Morgan fingerprint density at radius 3 is 2.97 bits per heavy atom. The van der Waals surface area contributed by atoms with E-state index in [2.05, 4.69) is 19.7 Å². The zero-order valence-corrected chi connectivity index (χ0v) is 17.9. The molecule has 1 aliphatic carbocycles. The maximum absolute atomic E-state index is 13.2. The first-order valence-electron chi connectivity index (χ1n) is 10.9. The number of amides is 1. The van der Waals surface area contributed by atoms with E-state index in [4.69, 9.17) is 9.52 Å². The van der Waals surface area contributed by atoms with Crippen molar-refractivity contribution in [1.82, 2.24) is 39.0 Å². The van der Waals surface area contributed by atoms with Gasteiger partial charge in [-0.05, 0) is 30.9 Å². The van der Waals surface area contributed by atoms with Gasteiger partial charge in [0.25, 0.3) is 5.91 Å². The number of furan rings is 1. The molecule has 0 unspecified atom stereocenters. The SMILES string of the molecule is Cn1nc(-c2nncn2CC2CC2)c2c1CCN(C(=O)c1ccc(Cn3ccnc3)o1)C2. The summed E-state index contributed by atoms with van der Waals surface area (Å²) in [6.07, 6.45) is 10.3. The van der Waals surface area contributed by atoms with Crippen LogP contribution in [0, 0.1) is 5.92 Å². The number of rotatable bonds is 6. The molecule has 10 nitrogen and oxygen atoms in total. The molecule has 0 aromatic carbocycles. The normalized spacial score (nSPS) is 15.8. The molecule has 1 amide bonds. The second kappa shape index (κ2) is 7.47.